The molecule has 6 heteroatoms. The van der Waals surface area contributed by atoms with Gasteiger partial charge in [-0.15, -0.1) is 0 Å². The monoisotopic (exact) mass is 411 g/mol. The lowest BCUT2D eigenvalue weighted by Crippen LogP contribution is -2.45. The van der Waals surface area contributed by atoms with Crippen molar-refractivity contribution in [2.24, 2.45) is 5.92 Å². The van der Waals surface area contributed by atoms with Crippen LogP contribution in [0.3, 0.4) is 0 Å². The molecule has 0 N–H and O–H groups in total. The van der Waals surface area contributed by atoms with Gasteiger partial charge in [-0.05, 0) is 55.0 Å². The SMILES string of the molecule is O=C(CN1CCN(c2ccc(Cl)cc2)C1=O)N1CCC(Cc2ccccc2)CC1. The van der Waals surface area contributed by atoms with E-state index in [0.29, 0.717) is 24.0 Å². The molecule has 2 aromatic carbocycles. The molecule has 2 aliphatic rings. The molecule has 2 aromatic rings. The van der Waals surface area contributed by atoms with Crippen LogP contribution in [0, 0.1) is 5.92 Å². The van der Waals surface area contributed by atoms with Crippen molar-refractivity contribution in [3.05, 3.63) is 65.2 Å². The number of benzene rings is 2. The van der Waals surface area contributed by atoms with Gasteiger partial charge in [0.2, 0.25) is 5.91 Å². The van der Waals surface area contributed by atoms with E-state index in [1.165, 1.54) is 5.56 Å². The molecule has 0 spiro atoms. The molecule has 0 saturated carbocycles. The van der Waals surface area contributed by atoms with Gasteiger partial charge >= 0.3 is 6.03 Å². The zero-order valence-electron chi connectivity index (χ0n) is 16.5. The fraction of sp³-hybridized carbons (Fsp3) is 0.391. The van der Waals surface area contributed by atoms with Gasteiger partial charge in [0.1, 0.15) is 6.54 Å². The highest BCUT2D eigenvalue weighted by Gasteiger charge is 2.32. The minimum atomic E-state index is -0.111. The molecule has 0 radical (unpaired) electrons. The Labute approximate surface area is 176 Å². The summed E-state index contributed by atoms with van der Waals surface area (Å²) >= 11 is 5.93. The molecular formula is C23H26ClN3O2. The largest absolute Gasteiger partial charge is 0.341 e. The van der Waals surface area contributed by atoms with E-state index >= 15 is 0 Å². The standard InChI is InChI=1S/C23H26ClN3O2/c24-20-6-8-21(9-7-20)27-15-14-26(23(27)29)17-22(28)25-12-10-19(11-13-25)16-18-4-2-1-3-5-18/h1-9,19H,10-17H2. The molecule has 3 amide bonds. The van der Waals surface area contributed by atoms with Crippen molar-refractivity contribution in [2.75, 3.05) is 37.6 Å². The third-order valence-electron chi connectivity index (χ3n) is 5.89. The third kappa shape index (κ3) is 4.73. The summed E-state index contributed by atoms with van der Waals surface area (Å²) in [6, 6.07) is 17.6. The van der Waals surface area contributed by atoms with Crippen molar-refractivity contribution < 1.29 is 9.59 Å². The smallest absolute Gasteiger partial charge is 0.325 e. The Morgan fingerprint density at radius 2 is 1.62 bits per heavy atom. The summed E-state index contributed by atoms with van der Waals surface area (Å²) in [5.41, 5.74) is 2.18. The molecule has 2 saturated heterocycles. The summed E-state index contributed by atoms with van der Waals surface area (Å²) < 4.78 is 0. The maximum Gasteiger partial charge on any atom is 0.325 e. The van der Waals surface area contributed by atoms with Gasteiger partial charge in [0.15, 0.2) is 0 Å². The molecule has 0 atom stereocenters. The van der Waals surface area contributed by atoms with E-state index in [1.54, 1.807) is 21.9 Å². The summed E-state index contributed by atoms with van der Waals surface area (Å²) in [7, 11) is 0. The zero-order chi connectivity index (χ0) is 20.2. The molecule has 0 aromatic heterocycles. The number of amides is 3. The Morgan fingerprint density at radius 3 is 2.31 bits per heavy atom. The van der Waals surface area contributed by atoms with Crippen LogP contribution < -0.4 is 4.90 Å². The first kappa shape index (κ1) is 19.8. The van der Waals surface area contributed by atoms with Crippen molar-refractivity contribution in [1.82, 2.24) is 9.80 Å². The molecule has 2 fully saturated rings. The zero-order valence-corrected chi connectivity index (χ0v) is 17.2. The lowest BCUT2D eigenvalue weighted by Gasteiger charge is -2.33. The van der Waals surface area contributed by atoms with Crippen molar-refractivity contribution >= 4 is 29.2 Å². The number of rotatable bonds is 5. The number of likely N-dealkylation sites (tertiary alicyclic amines) is 1. The molecule has 2 aliphatic heterocycles. The first-order valence-electron chi connectivity index (χ1n) is 10.2. The second kappa shape index (κ2) is 8.87. The molecule has 0 bridgehead atoms. The number of hydrogen-bond donors (Lipinski definition) is 0. The number of carbonyl (C=O) groups excluding carboxylic acids is 2. The van der Waals surface area contributed by atoms with Crippen LogP contribution in [0.4, 0.5) is 10.5 Å². The van der Waals surface area contributed by atoms with Crippen molar-refractivity contribution in [1.29, 1.82) is 0 Å². The summed E-state index contributed by atoms with van der Waals surface area (Å²) in [5.74, 6) is 0.671. The number of carbonyl (C=O) groups is 2. The maximum absolute atomic E-state index is 12.7. The van der Waals surface area contributed by atoms with Crippen LogP contribution in [0.25, 0.3) is 0 Å². The molecule has 152 valence electrons. The van der Waals surface area contributed by atoms with Crippen LogP contribution in [-0.4, -0.2) is 54.5 Å². The predicted molar refractivity (Wildman–Crippen MR) is 115 cm³/mol. The van der Waals surface area contributed by atoms with Crippen molar-refractivity contribution in [3.8, 4) is 0 Å². The summed E-state index contributed by atoms with van der Waals surface area (Å²) in [6.45, 7) is 2.87. The van der Waals surface area contributed by atoms with Gasteiger partial charge in [-0.25, -0.2) is 4.79 Å². The number of hydrogen-bond acceptors (Lipinski definition) is 2. The fourth-order valence-corrected chi connectivity index (χ4v) is 4.31. The van der Waals surface area contributed by atoms with Gasteiger partial charge in [-0.3, -0.25) is 9.69 Å². The maximum atomic E-state index is 12.7. The van der Waals surface area contributed by atoms with Crippen LogP contribution >= 0.6 is 11.6 Å². The Bertz CT molecular complexity index is 848. The predicted octanol–water partition coefficient (Wildman–Crippen LogP) is 4.06. The van der Waals surface area contributed by atoms with Crippen LogP contribution in [0.1, 0.15) is 18.4 Å². The van der Waals surface area contributed by atoms with E-state index < -0.39 is 0 Å². The van der Waals surface area contributed by atoms with Crippen LogP contribution in [-0.2, 0) is 11.2 Å². The van der Waals surface area contributed by atoms with E-state index in [1.807, 2.05) is 23.1 Å². The van der Waals surface area contributed by atoms with Crippen LogP contribution in [0.5, 0.6) is 0 Å². The minimum absolute atomic E-state index is 0.0504. The van der Waals surface area contributed by atoms with Crippen molar-refractivity contribution in [2.45, 2.75) is 19.3 Å². The molecule has 29 heavy (non-hydrogen) atoms. The lowest BCUT2D eigenvalue weighted by atomic mass is 9.90. The number of nitrogens with zero attached hydrogens (tertiary/aromatic N) is 3. The van der Waals surface area contributed by atoms with Gasteiger partial charge in [-0.1, -0.05) is 41.9 Å². The summed E-state index contributed by atoms with van der Waals surface area (Å²) in [6.07, 6.45) is 3.11. The second-order valence-electron chi connectivity index (χ2n) is 7.85. The van der Waals surface area contributed by atoms with E-state index in [9.17, 15) is 9.59 Å². The third-order valence-corrected chi connectivity index (χ3v) is 6.15. The number of piperidine rings is 1. The minimum Gasteiger partial charge on any atom is -0.341 e. The highest BCUT2D eigenvalue weighted by molar-refractivity contribution is 6.30. The van der Waals surface area contributed by atoms with E-state index in [-0.39, 0.29) is 18.5 Å². The quantitative estimate of drug-likeness (QED) is 0.744. The van der Waals surface area contributed by atoms with E-state index in [0.717, 1.165) is 38.0 Å². The molecular weight excluding hydrogens is 386 g/mol. The first-order chi connectivity index (χ1) is 14.1. The average Bonchev–Trinajstić information content (AvgIpc) is 3.10. The Morgan fingerprint density at radius 1 is 0.931 bits per heavy atom. The Balaban J connectivity index is 1.27. The second-order valence-corrected chi connectivity index (χ2v) is 8.28. The number of urea groups is 1. The molecule has 2 heterocycles. The number of anilines is 1. The van der Waals surface area contributed by atoms with Gasteiger partial charge in [0.05, 0.1) is 0 Å². The highest BCUT2D eigenvalue weighted by Crippen LogP contribution is 2.24. The van der Waals surface area contributed by atoms with Gasteiger partial charge in [0.25, 0.3) is 0 Å². The van der Waals surface area contributed by atoms with Crippen LogP contribution in [0.2, 0.25) is 5.02 Å². The average molecular weight is 412 g/mol. The van der Waals surface area contributed by atoms with E-state index in [4.69, 9.17) is 11.6 Å². The van der Waals surface area contributed by atoms with Crippen LogP contribution in [0.15, 0.2) is 54.6 Å². The van der Waals surface area contributed by atoms with E-state index in [2.05, 4.69) is 24.3 Å². The molecule has 4 rings (SSSR count). The Hall–Kier alpha value is -2.53. The summed E-state index contributed by atoms with van der Waals surface area (Å²) in [4.78, 5) is 30.7. The molecule has 5 nitrogen and oxygen atoms in total. The normalized spacial score (nSPS) is 17.8. The molecule has 0 aliphatic carbocycles. The van der Waals surface area contributed by atoms with Gasteiger partial charge in [0, 0.05) is 36.9 Å². The van der Waals surface area contributed by atoms with Crippen molar-refractivity contribution in [3.63, 3.8) is 0 Å². The molecule has 0 unspecified atom stereocenters. The number of halogens is 1. The lowest BCUT2D eigenvalue weighted by molar-refractivity contribution is -0.133. The topological polar surface area (TPSA) is 43.9 Å². The summed E-state index contributed by atoms with van der Waals surface area (Å²) in [5, 5.41) is 0.642. The highest BCUT2D eigenvalue weighted by atomic mass is 35.5. The fourth-order valence-electron chi connectivity index (χ4n) is 4.19. The van der Waals surface area contributed by atoms with Gasteiger partial charge in [-0.2, -0.15) is 0 Å². The first-order valence-corrected chi connectivity index (χ1v) is 10.6. The Kier molecular flexibility index (Phi) is 6.05. The van der Waals surface area contributed by atoms with Gasteiger partial charge < -0.3 is 9.80 Å².